The molecule has 5 nitrogen and oxygen atoms in total. The van der Waals surface area contributed by atoms with Crippen molar-refractivity contribution in [3.05, 3.63) is 0 Å². The van der Waals surface area contributed by atoms with Crippen LogP contribution in [0.4, 0.5) is 0 Å². The van der Waals surface area contributed by atoms with E-state index in [0.29, 0.717) is 19.5 Å². The number of nitrogens with zero attached hydrogens (tertiary/aromatic N) is 2. The van der Waals surface area contributed by atoms with Crippen molar-refractivity contribution in [2.24, 2.45) is 10.9 Å². The molecular formula is C20H36N2O3. The van der Waals surface area contributed by atoms with Gasteiger partial charge in [-0.3, -0.25) is 14.6 Å². The molecule has 0 spiro atoms. The first-order chi connectivity index (χ1) is 12.1. The standard InChI is InChI=1S/C20H36N2O3/c1-4-5-6-7-8-9-10-11-12-13-19(23)25-18(3)22-15-14-21-16-17(2)20(22)24/h16-18H,4-15H2,1-3H3. The third-order valence-electron chi connectivity index (χ3n) is 4.70. The second-order valence-corrected chi connectivity index (χ2v) is 7.04. The maximum atomic E-state index is 12.2. The Hall–Kier alpha value is -1.39. The molecular weight excluding hydrogens is 316 g/mol. The number of amides is 1. The van der Waals surface area contributed by atoms with Crippen molar-refractivity contribution < 1.29 is 14.3 Å². The number of esters is 1. The highest BCUT2D eigenvalue weighted by Crippen LogP contribution is 2.13. The number of hydrogen-bond donors (Lipinski definition) is 0. The van der Waals surface area contributed by atoms with Crippen LogP contribution in [-0.2, 0) is 14.3 Å². The number of unbranched alkanes of at least 4 members (excludes halogenated alkanes) is 8. The first-order valence-corrected chi connectivity index (χ1v) is 10.1. The van der Waals surface area contributed by atoms with Crippen LogP contribution in [0.15, 0.2) is 4.99 Å². The van der Waals surface area contributed by atoms with Crippen molar-refractivity contribution in [1.29, 1.82) is 0 Å². The highest BCUT2D eigenvalue weighted by atomic mass is 16.6. The third-order valence-corrected chi connectivity index (χ3v) is 4.70. The smallest absolute Gasteiger partial charge is 0.307 e. The van der Waals surface area contributed by atoms with Gasteiger partial charge in [0.2, 0.25) is 5.91 Å². The lowest BCUT2D eigenvalue weighted by Crippen LogP contribution is -2.44. The first kappa shape index (κ1) is 21.7. The molecule has 2 unspecified atom stereocenters. The van der Waals surface area contributed by atoms with Crippen molar-refractivity contribution in [3.63, 3.8) is 0 Å². The van der Waals surface area contributed by atoms with Gasteiger partial charge in [0, 0.05) is 19.2 Å². The van der Waals surface area contributed by atoms with Gasteiger partial charge in [0.15, 0.2) is 6.23 Å². The number of carbonyl (C=O) groups excluding carboxylic acids is 2. The lowest BCUT2D eigenvalue weighted by Gasteiger charge is -2.28. The Morgan fingerprint density at radius 1 is 1.20 bits per heavy atom. The number of carbonyl (C=O) groups is 2. The van der Waals surface area contributed by atoms with Crippen molar-refractivity contribution in [1.82, 2.24) is 4.90 Å². The summed E-state index contributed by atoms with van der Waals surface area (Å²) < 4.78 is 5.45. The summed E-state index contributed by atoms with van der Waals surface area (Å²) in [6, 6.07) is 0. The van der Waals surface area contributed by atoms with Gasteiger partial charge in [-0.1, -0.05) is 58.3 Å². The fraction of sp³-hybridized carbons (Fsp3) is 0.850. The lowest BCUT2D eigenvalue weighted by molar-refractivity contribution is -0.163. The van der Waals surface area contributed by atoms with Crippen LogP contribution in [0.2, 0.25) is 0 Å². The normalized spacial score (nSPS) is 18.9. The molecule has 1 aliphatic rings. The van der Waals surface area contributed by atoms with Crippen LogP contribution in [0.1, 0.15) is 85.0 Å². The van der Waals surface area contributed by atoms with Crippen LogP contribution in [0, 0.1) is 5.92 Å². The van der Waals surface area contributed by atoms with Gasteiger partial charge in [-0.25, -0.2) is 0 Å². The van der Waals surface area contributed by atoms with Gasteiger partial charge in [-0.05, 0) is 20.3 Å². The monoisotopic (exact) mass is 352 g/mol. The molecule has 0 aliphatic carbocycles. The molecule has 0 aromatic heterocycles. The summed E-state index contributed by atoms with van der Waals surface area (Å²) in [6.07, 6.45) is 12.6. The van der Waals surface area contributed by atoms with Crippen LogP contribution in [0.25, 0.3) is 0 Å². The summed E-state index contributed by atoms with van der Waals surface area (Å²) in [7, 11) is 0. The van der Waals surface area contributed by atoms with Crippen LogP contribution >= 0.6 is 0 Å². The van der Waals surface area contributed by atoms with Crippen molar-refractivity contribution >= 4 is 18.1 Å². The summed E-state index contributed by atoms with van der Waals surface area (Å²) in [5.41, 5.74) is 0. The van der Waals surface area contributed by atoms with Gasteiger partial charge in [0.05, 0.1) is 12.5 Å². The number of hydrogen-bond acceptors (Lipinski definition) is 4. The fourth-order valence-corrected chi connectivity index (χ4v) is 3.09. The van der Waals surface area contributed by atoms with Crippen LogP contribution in [0.5, 0.6) is 0 Å². The molecule has 0 bridgehead atoms. The summed E-state index contributed by atoms with van der Waals surface area (Å²) >= 11 is 0. The van der Waals surface area contributed by atoms with Gasteiger partial charge < -0.3 is 9.64 Å². The Bertz CT molecular complexity index is 423. The Morgan fingerprint density at radius 2 is 1.80 bits per heavy atom. The minimum absolute atomic E-state index is 0.0235. The SMILES string of the molecule is CCCCCCCCCCCC(=O)OC(C)N1CCN=CC(C)C1=O. The molecule has 0 fully saturated rings. The molecule has 1 amide bonds. The highest BCUT2D eigenvalue weighted by Gasteiger charge is 2.27. The molecule has 2 atom stereocenters. The number of rotatable bonds is 12. The summed E-state index contributed by atoms with van der Waals surface area (Å²) in [6.45, 7) is 6.89. The highest BCUT2D eigenvalue weighted by molar-refractivity contribution is 5.93. The predicted molar refractivity (Wildman–Crippen MR) is 102 cm³/mol. The molecule has 0 aromatic carbocycles. The molecule has 144 valence electrons. The number of ether oxygens (including phenoxy) is 1. The zero-order chi connectivity index (χ0) is 18.5. The van der Waals surface area contributed by atoms with E-state index in [4.69, 9.17) is 4.74 Å². The Kier molecular flexibility index (Phi) is 11.2. The molecule has 0 N–H and O–H groups in total. The van der Waals surface area contributed by atoms with Gasteiger partial charge in [-0.15, -0.1) is 0 Å². The maximum Gasteiger partial charge on any atom is 0.307 e. The van der Waals surface area contributed by atoms with E-state index >= 15 is 0 Å². The second-order valence-electron chi connectivity index (χ2n) is 7.04. The zero-order valence-corrected chi connectivity index (χ0v) is 16.3. The molecule has 0 saturated heterocycles. The van der Waals surface area contributed by atoms with Gasteiger partial charge in [0.25, 0.3) is 0 Å². The van der Waals surface area contributed by atoms with Crippen LogP contribution in [-0.4, -0.2) is 42.3 Å². The quantitative estimate of drug-likeness (QED) is 0.388. The zero-order valence-electron chi connectivity index (χ0n) is 16.3. The summed E-state index contributed by atoms with van der Waals surface area (Å²) in [5, 5.41) is 0. The van der Waals surface area contributed by atoms with Crippen LogP contribution < -0.4 is 0 Å². The number of aliphatic imine (C=N–C) groups is 1. The molecule has 0 radical (unpaired) electrons. The summed E-state index contributed by atoms with van der Waals surface area (Å²) in [4.78, 5) is 30.0. The van der Waals surface area contributed by atoms with Crippen LogP contribution in [0.3, 0.4) is 0 Å². The van der Waals surface area contributed by atoms with Crippen molar-refractivity contribution in [3.8, 4) is 0 Å². The average Bonchev–Trinajstić information content (AvgIpc) is 2.75. The maximum absolute atomic E-state index is 12.2. The molecule has 0 aromatic rings. The van der Waals surface area contributed by atoms with Crippen molar-refractivity contribution in [2.75, 3.05) is 13.1 Å². The van der Waals surface area contributed by atoms with Gasteiger partial charge >= 0.3 is 5.97 Å². The average molecular weight is 353 g/mol. The molecule has 5 heteroatoms. The van der Waals surface area contributed by atoms with E-state index < -0.39 is 6.23 Å². The van der Waals surface area contributed by atoms with E-state index in [9.17, 15) is 9.59 Å². The lowest BCUT2D eigenvalue weighted by atomic mass is 10.1. The van der Waals surface area contributed by atoms with E-state index in [0.717, 1.165) is 12.8 Å². The van der Waals surface area contributed by atoms with E-state index in [2.05, 4.69) is 11.9 Å². The Morgan fingerprint density at radius 3 is 2.44 bits per heavy atom. The van der Waals surface area contributed by atoms with E-state index in [-0.39, 0.29) is 17.8 Å². The minimum Gasteiger partial charge on any atom is -0.442 e. The molecule has 1 rings (SSSR count). The predicted octanol–water partition coefficient (Wildman–Crippen LogP) is 4.35. The minimum atomic E-state index is -0.511. The molecule has 1 aliphatic heterocycles. The third kappa shape index (κ3) is 9.03. The van der Waals surface area contributed by atoms with E-state index in [1.807, 2.05) is 6.92 Å². The molecule has 1 heterocycles. The largest absolute Gasteiger partial charge is 0.442 e. The molecule has 25 heavy (non-hydrogen) atoms. The Balaban J connectivity index is 2.12. The Labute approximate surface area is 153 Å². The van der Waals surface area contributed by atoms with Crippen molar-refractivity contribution in [2.45, 2.75) is 91.2 Å². The topological polar surface area (TPSA) is 59.0 Å². The first-order valence-electron chi connectivity index (χ1n) is 10.1. The molecule has 0 saturated carbocycles. The van der Waals surface area contributed by atoms with Gasteiger partial charge in [-0.2, -0.15) is 0 Å². The fourth-order valence-electron chi connectivity index (χ4n) is 3.09. The van der Waals surface area contributed by atoms with E-state index in [1.165, 1.54) is 44.9 Å². The second kappa shape index (κ2) is 12.9. The van der Waals surface area contributed by atoms with Gasteiger partial charge in [0.1, 0.15) is 0 Å². The van der Waals surface area contributed by atoms with E-state index in [1.54, 1.807) is 18.0 Å². The summed E-state index contributed by atoms with van der Waals surface area (Å²) in [5.74, 6) is -0.480.